The van der Waals surface area contributed by atoms with Crippen molar-refractivity contribution in [3.8, 4) is 0 Å². The second-order valence-electron chi connectivity index (χ2n) is 3.92. The van der Waals surface area contributed by atoms with Gasteiger partial charge < -0.3 is 5.73 Å². The Morgan fingerprint density at radius 1 is 1.29 bits per heavy atom. The molecule has 1 aromatic heterocycles. The molecular weight excluding hydrogens is 219 g/mol. The number of nitrogens with zero attached hydrogens (tertiary/aromatic N) is 3. The van der Waals surface area contributed by atoms with E-state index in [1.54, 1.807) is 16.8 Å². The summed E-state index contributed by atoms with van der Waals surface area (Å²) in [6.45, 7) is 2.58. The molecular formula is C12H15FN4. The minimum Gasteiger partial charge on any atom is -0.368 e. The standard InChI is InChI=1S/C12H15FN4/c1-2-3-11-15-12(14)17(16-11)8-9-4-6-10(13)7-5-9/h4-7H,2-3,8H2,1H3,(H2,14,15,16). The van der Waals surface area contributed by atoms with Crippen LogP contribution in [0.4, 0.5) is 10.3 Å². The molecule has 0 atom stereocenters. The Labute approximate surface area is 99.3 Å². The van der Waals surface area contributed by atoms with Crippen LogP contribution in [0.25, 0.3) is 0 Å². The minimum absolute atomic E-state index is 0.244. The highest BCUT2D eigenvalue weighted by Gasteiger charge is 2.06. The monoisotopic (exact) mass is 234 g/mol. The van der Waals surface area contributed by atoms with Gasteiger partial charge in [0.1, 0.15) is 5.82 Å². The lowest BCUT2D eigenvalue weighted by Crippen LogP contribution is -2.06. The van der Waals surface area contributed by atoms with Gasteiger partial charge in [-0.15, -0.1) is 0 Å². The van der Waals surface area contributed by atoms with Gasteiger partial charge in [-0.2, -0.15) is 10.1 Å². The first kappa shape index (κ1) is 11.6. The smallest absolute Gasteiger partial charge is 0.219 e. The van der Waals surface area contributed by atoms with E-state index in [-0.39, 0.29) is 5.82 Å². The van der Waals surface area contributed by atoms with Crippen molar-refractivity contribution in [2.45, 2.75) is 26.3 Å². The zero-order valence-corrected chi connectivity index (χ0v) is 9.73. The van der Waals surface area contributed by atoms with Gasteiger partial charge in [0.05, 0.1) is 6.54 Å². The summed E-state index contributed by atoms with van der Waals surface area (Å²) in [6.07, 6.45) is 1.81. The van der Waals surface area contributed by atoms with Crippen molar-refractivity contribution < 1.29 is 4.39 Å². The van der Waals surface area contributed by atoms with E-state index in [2.05, 4.69) is 17.0 Å². The number of nitrogen functional groups attached to an aromatic ring is 1. The summed E-state index contributed by atoms with van der Waals surface area (Å²) in [5.41, 5.74) is 6.71. The molecule has 0 aliphatic heterocycles. The van der Waals surface area contributed by atoms with E-state index < -0.39 is 0 Å². The molecule has 0 saturated heterocycles. The van der Waals surface area contributed by atoms with Crippen LogP contribution in [0.15, 0.2) is 24.3 Å². The molecule has 0 bridgehead atoms. The summed E-state index contributed by atoms with van der Waals surface area (Å²) in [4.78, 5) is 4.17. The Hall–Kier alpha value is -1.91. The number of nitrogens with two attached hydrogens (primary N) is 1. The highest BCUT2D eigenvalue weighted by atomic mass is 19.1. The summed E-state index contributed by atoms with van der Waals surface area (Å²) in [6, 6.07) is 6.29. The zero-order valence-electron chi connectivity index (χ0n) is 9.73. The number of halogens is 1. The van der Waals surface area contributed by atoms with E-state index in [0.29, 0.717) is 12.5 Å². The van der Waals surface area contributed by atoms with Gasteiger partial charge in [0.25, 0.3) is 0 Å². The lowest BCUT2D eigenvalue weighted by Gasteiger charge is -2.02. The van der Waals surface area contributed by atoms with Crippen molar-refractivity contribution >= 4 is 5.95 Å². The van der Waals surface area contributed by atoms with Crippen LogP contribution in [0.1, 0.15) is 24.7 Å². The topological polar surface area (TPSA) is 56.7 Å². The maximum atomic E-state index is 12.7. The molecule has 2 rings (SSSR count). The Kier molecular flexibility index (Phi) is 3.37. The van der Waals surface area contributed by atoms with E-state index in [0.717, 1.165) is 24.2 Å². The van der Waals surface area contributed by atoms with Crippen molar-refractivity contribution in [2.24, 2.45) is 0 Å². The number of hydrogen-bond donors (Lipinski definition) is 1. The van der Waals surface area contributed by atoms with E-state index in [4.69, 9.17) is 5.73 Å². The molecule has 0 spiro atoms. The Bertz CT molecular complexity index is 490. The average molecular weight is 234 g/mol. The predicted molar refractivity (Wildman–Crippen MR) is 63.9 cm³/mol. The first-order valence-corrected chi connectivity index (χ1v) is 5.62. The largest absolute Gasteiger partial charge is 0.368 e. The fourth-order valence-corrected chi connectivity index (χ4v) is 1.61. The molecule has 2 aromatic rings. The fourth-order valence-electron chi connectivity index (χ4n) is 1.61. The van der Waals surface area contributed by atoms with Gasteiger partial charge in [0.15, 0.2) is 5.82 Å². The van der Waals surface area contributed by atoms with Crippen molar-refractivity contribution in [3.63, 3.8) is 0 Å². The summed E-state index contributed by atoms with van der Waals surface area (Å²) >= 11 is 0. The van der Waals surface area contributed by atoms with Crippen LogP contribution in [0.3, 0.4) is 0 Å². The SMILES string of the molecule is CCCc1nc(N)n(Cc2ccc(F)cc2)n1. The van der Waals surface area contributed by atoms with E-state index >= 15 is 0 Å². The first-order chi connectivity index (χ1) is 8.19. The van der Waals surface area contributed by atoms with Crippen LogP contribution < -0.4 is 5.73 Å². The molecule has 90 valence electrons. The number of hydrogen-bond acceptors (Lipinski definition) is 3. The third-order valence-electron chi connectivity index (χ3n) is 2.46. The quantitative estimate of drug-likeness (QED) is 0.880. The first-order valence-electron chi connectivity index (χ1n) is 5.62. The van der Waals surface area contributed by atoms with Crippen LogP contribution in [0.2, 0.25) is 0 Å². The number of aryl methyl sites for hydroxylation is 1. The van der Waals surface area contributed by atoms with Crippen LogP contribution in [-0.2, 0) is 13.0 Å². The highest BCUT2D eigenvalue weighted by molar-refractivity contribution is 5.21. The molecule has 0 fully saturated rings. The maximum Gasteiger partial charge on any atom is 0.219 e. The molecule has 0 aliphatic rings. The van der Waals surface area contributed by atoms with Crippen molar-refractivity contribution in [3.05, 3.63) is 41.5 Å². The van der Waals surface area contributed by atoms with E-state index in [1.165, 1.54) is 12.1 Å². The Balaban J connectivity index is 2.15. The van der Waals surface area contributed by atoms with Crippen molar-refractivity contribution in [1.29, 1.82) is 0 Å². The summed E-state index contributed by atoms with van der Waals surface area (Å²) in [7, 11) is 0. The molecule has 2 N–H and O–H groups in total. The van der Waals surface area contributed by atoms with Crippen LogP contribution >= 0.6 is 0 Å². The summed E-state index contributed by atoms with van der Waals surface area (Å²) in [5.74, 6) is 0.914. The van der Waals surface area contributed by atoms with Crippen LogP contribution in [0.5, 0.6) is 0 Å². The minimum atomic E-state index is -0.244. The summed E-state index contributed by atoms with van der Waals surface area (Å²) < 4.78 is 14.4. The van der Waals surface area contributed by atoms with Gasteiger partial charge in [-0.25, -0.2) is 9.07 Å². The van der Waals surface area contributed by atoms with Crippen molar-refractivity contribution in [1.82, 2.24) is 14.8 Å². The molecule has 4 nitrogen and oxygen atoms in total. The van der Waals surface area contributed by atoms with Gasteiger partial charge in [-0.3, -0.25) is 0 Å². The van der Waals surface area contributed by atoms with Crippen LogP contribution in [-0.4, -0.2) is 14.8 Å². The Morgan fingerprint density at radius 2 is 2.00 bits per heavy atom. The second kappa shape index (κ2) is 4.95. The third kappa shape index (κ3) is 2.81. The van der Waals surface area contributed by atoms with Gasteiger partial charge in [-0.1, -0.05) is 19.1 Å². The molecule has 0 aliphatic carbocycles. The van der Waals surface area contributed by atoms with E-state index in [1.807, 2.05) is 0 Å². The van der Waals surface area contributed by atoms with Gasteiger partial charge in [0.2, 0.25) is 5.95 Å². The molecule has 1 aromatic carbocycles. The van der Waals surface area contributed by atoms with Crippen LogP contribution in [0, 0.1) is 5.82 Å². The van der Waals surface area contributed by atoms with E-state index in [9.17, 15) is 4.39 Å². The number of benzene rings is 1. The second-order valence-corrected chi connectivity index (χ2v) is 3.92. The average Bonchev–Trinajstić information content (AvgIpc) is 2.63. The normalized spacial score (nSPS) is 10.7. The molecule has 5 heteroatoms. The lowest BCUT2D eigenvalue weighted by atomic mass is 10.2. The van der Waals surface area contributed by atoms with Crippen molar-refractivity contribution in [2.75, 3.05) is 5.73 Å². The Morgan fingerprint density at radius 3 is 2.65 bits per heavy atom. The fraction of sp³-hybridized carbons (Fsp3) is 0.333. The molecule has 1 heterocycles. The summed E-state index contributed by atoms with van der Waals surface area (Å²) in [5, 5.41) is 4.30. The zero-order chi connectivity index (χ0) is 12.3. The van der Waals surface area contributed by atoms with Gasteiger partial charge in [-0.05, 0) is 24.1 Å². The number of aromatic nitrogens is 3. The molecule has 0 radical (unpaired) electrons. The van der Waals surface area contributed by atoms with Gasteiger partial charge >= 0.3 is 0 Å². The maximum absolute atomic E-state index is 12.7. The molecule has 0 amide bonds. The lowest BCUT2D eigenvalue weighted by molar-refractivity contribution is 0.624. The number of rotatable bonds is 4. The predicted octanol–water partition coefficient (Wildman–Crippen LogP) is 2.00. The molecule has 0 unspecified atom stereocenters. The number of anilines is 1. The highest BCUT2D eigenvalue weighted by Crippen LogP contribution is 2.08. The molecule has 17 heavy (non-hydrogen) atoms. The third-order valence-corrected chi connectivity index (χ3v) is 2.46. The molecule has 0 saturated carbocycles. The van der Waals surface area contributed by atoms with Gasteiger partial charge in [0, 0.05) is 6.42 Å².